The summed E-state index contributed by atoms with van der Waals surface area (Å²) in [6.45, 7) is 11.4. The van der Waals surface area contributed by atoms with Gasteiger partial charge in [0.2, 0.25) is 0 Å². The highest BCUT2D eigenvalue weighted by atomic mass is 16.6. The lowest BCUT2D eigenvalue weighted by molar-refractivity contribution is 0.0199. The number of hydrogen-bond acceptors (Lipinski definition) is 2. The van der Waals surface area contributed by atoms with Crippen molar-refractivity contribution in [1.29, 1.82) is 0 Å². The summed E-state index contributed by atoms with van der Waals surface area (Å²) in [5, 5.41) is 0. The van der Waals surface area contributed by atoms with E-state index >= 15 is 0 Å². The number of piperidine rings is 1. The van der Waals surface area contributed by atoms with Crippen LogP contribution in [0, 0.1) is 23.7 Å². The Morgan fingerprint density at radius 2 is 1.83 bits per heavy atom. The lowest BCUT2D eigenvalue weighted by Crippen LogP contribution is -2.41. The standard InChI is InChI=1S/C15H25NO2/c1-12(2)6-7-13-8-10-16(11-9-13)14(17)18-15(3,4)5/h12-13H,8-11H2,1-5H3. The van der Waals surface area contributed by atoms with Crippen molar-refractivity contribution in [3.05, 3.63) is 0 Å². The Labute approximate surface area is 111 Å². The fraction of sp³-hybridized carbons (Fsp3) is 0.800. The van der Waals surface area contributed by atoms with Gasteiger partial charge in [-0.25, -0.2) is 4.79 Å². The van der Waals surface area contributed by atoms with Gasteiger partial charge in [0.15, 0.2) is 0 Å². The average molecular weight is 251 g/mol. The van der Waals surface area contributed by atoms with Crippen molar-refractivity contribution < 1.29 is 9.53 Å². The van der Waals surface area contributed by atoms with Crippen LogP contribution in [0.4, 0.5) is 4.79 Å². The van der Waals surface area contributed by atoms with Crippen LogP contribution in [0.2, 0.25) is 0 Å². The molecule has 0 spiro atoms. The Kier molecular flexibility index (Phi) is 5.07. The molecule has 0 atom stereocenters. The third kappa shape index (κ3) is 5.44. The maximum atomic E-state index is 11.9. The second-order valence-corrected chi connectivity index (χ2v) is 6.19. The predicted octanol–water partition coefficient (Wildman–Crippen LogP) is 3.29. The number of carbonyl (C=O) groups is 1. The molecule has 1 heterocycles. The Balaban J connectivity index is 2.40. The van der Waals surface area contributed by atoms with E-state index in [0.29, 0.717) is 11.8 Å². The van der Waals surface area contributed by atoms with Crippen LogP contribution in [0.3, 0.4) is 0 Å². The fourth-order valence-electron chi connectivity index (χ4n) is 1.82. The monoisotopic (exact) mass is 251 g/mol. The third-order valence-corrected chi connectivity index (χ3v) is 2.72. The molecule has 0 aliphatic carbocycles. The van der Waals surface area contributed by atoms with Gasteiger partial charge in [-0.05, 0) is 33.6 Å². The van der Waals surface area contributed by atoms with Crippen LogP contribution < -0.4 is 0 Å². The third-order valence-electron chi connectivity index (χ3n) is 2.72. The molecule has 1 amide bonds. The first-order valence-electron chi connectivity index (χ1n) is 6.77. The van der Waals surface area contributed by atoms with Crippen molar-refractivity contribution in [2.75, 3.05) is 13.1 Å². The Morgan fingerprint density at radius 1 is 1.28 bits per heavy atom. The summed E-state index contributed by atoms with van der Waals surface area (Å²) in [7, 11) is 0. The van der Waals surface area contributed by atoms with Gasteiger partial charge in [0.05, 0.1) is 0 Å². The molecular weight excluding hydrogens is 226 g/mol. The molecule has 3 heteroatoms. The number of likely N-dealkylation sites (tertiary alicyclic amines) is 1. The van der Waals surface area contributed by atoms with Gasteiger partial charge in [-0.2, -0.15) is 0 Å². The van der Waals surface area contributed by atoms with Gasteiger partial charge in [-0.3, -0.25) is 0 Å². The van der Waals surface area contributed by atoms with E-state index in [1.54, 1.807) is 4.90 Å². The molecule has 102 valence electrons. The van der Waals surface area contributed by atoms with Gasteiger partial charge >= 0.3 is 6.09 Å². The minimum Gasteiger partial charge on any atom is -0.444 e. The van der Waals surface area contributed by atoms with Crippen LogP contribution in [-0.4, -0.2) is 29.7 Å². The van der Waals surface area contributed by atoms with E-state index in [-0.39, 0.29) is 6.09 Å². The molecule has 1 fully saturated rings. The quantitative estimate of drug-likeness (QED) is 0.618. The number of amides is 1. The first kappa shape index (κ1) is 14.9. The summed E-state index contributed by atoms with van der Waals surface area (Å²) in [5.74, 6) is 7.37. The first-order chi connectivity index (χ1) is 8.28. The molecule has 0 aromatic carbocycles. The van der Waals surface area contributed by atoms with E-state index in [2.05, 4.69) is 25.7 Å². The smallest absolute Gasteiger partial charge is 0.410 e. The van der Waals surface area contributed by atoms with Crippen molar-refractivity contribution in [2.45, 2.75) is 53.1 Å². The van der Waals surface area contributed by atoms with Gasteiger partial charge in [-0.15, -0.1) is 5.92 Å². The maximum Gasteiger partial charge on any atom is 0.410 e. The summed E-state index contributed by atoms with van der Waals surface area (Å²) in [5.41, 5.74) is -0.411. The summed E-state index contributed by atoms with van der Waals surface area (Å²) >= 11 is 0. The highest BCUT2D eigenvalue weighted by Crippen LogP contribution is 2.19. The molecule has 1 rings (SSSR count). The second-order valence-electron chi connectivity index (χ2n) is 6.19. The zero-order valence-corrected chi connectivity index (χ0v) is 12.2. The van der Waals surface area contributed by atoms with Crippen molar-refractivity contribution in [1.82, 2.24) is 4.90 Å². The molecule has 18 heavy (non-hydrogen) atoms. The second kappa shape index (κ2) is 6.13. The number of nitrogens with zero attached hydrogens (tertiary/aromatic N) is 1. The Morgan fingerprint density at radius 3 is 2.28 bits per heavy atom. The van der Waals surface area contributed by atoms with E-state index in [1.807, 2.05) is 20.8 Å². The molecule has 1 saturated heterocycles. The first-order valence-corrected chi connectivity index (χ1v) is 6.77. The maximum absolute atomic E-state index is 11.9. The van der Waals surface area contributed by atoms with Crippen LogP contribution in [-0.2, 0) is 4.74 Å². The molecule has 0 aromatic heterocycles. The van der Waals surface area contributed by atoms with E-state index in [9.17, 15) is 4.79 Å². The van der Waals surface area contributed by atoms with Crippen LogP contribution in [0.1, 0.15) is 47.5 Å². The van der Waals surface area contributed by atoms with Gasteiger partial charge < -0.3 is 9.64 Å². The van der Waals surface area contributed by atoms with Crippen LogP contribution in [0.15, 0.2) is 0 Å². The fourth-order valence-corrected chi connectivity index (χ4v) is 1.82. The molecule has 0 unspecified atom stereocenters. The summed E-state index contributed by atoms with van der Waals surface area (Å²) in [6, 6.07) is 0. The summed E-state index contributed by atoms with van der Waals surface area (Å²) in [6.07, 6.45) is 1.72. The van der Waals surface area contributed by atoms with Crippen LogP contribution >= 0.6 is 0 Å². The molecule has 0 radical (unpaired) electrons. The molecular formula is C15H25NO2. The minimum atomic E-state index is -0.411. The molecule has 0 N–H and O–H groups in total. The minimum absolute atomic E-state index is 0.197. The molecule has 0 saturated carbocycles. The average Bonchev–Trinajstić information content (AvgIpc) is 2.24. The zero-order chi connectivity index (χ0) is 13.8. The number of hydrogen-bond donors (Lipinski definition) is 0. The van der Waals surface area contributed by atoms with Gasteiger partial charge in [0.25, 0.3) is 0 Å². The molecule has 1 aliphatic heterocycles. The van der Waals surface area contributed by atoms with Crippen molar-refractivity contribution in [3.8, 4) is 11.8 Å². The number of rotatable bonds is 0. The molecule has 0 aromatic rings. The predicted molar refractivity (Wildman–Crippen MR) is 73.1 cm³/mol. The van der Waals surface area contributed by atoms with E-state index in [4.69, 9.17) is 4.74 Å². The summed E-state index contributed by atoms with van der Waals surface area (Å²) in [4.78, 5) is 13.6. The largest absolute Gasteiger partial charge is 0.444 e. The topological polar surface area (TPSA) is 29.5 Å². The van der Waals surface area contributed by atoms with E-state index in [1.165, 1.54) is 0 Å². The lowest BCUT2D eigenvalue weighted by Gasteiger charge is -2.31. The van der Waals surface area contributed by atoms with Crippen molar-refractivity contribution >= 4 is 6.09 Å². The zero-order valence-electron chi connectivity index (χ0n) is 12.2. The van der Waals surface area contributed by atoms with Crippen LogP contribution in [0.5, 0.6) is 0 Å². The van der Waals surface area contributed by atoms with Crippen molar-refractivity contribution in [2.24, 2.45) is 11.8 Å². The lowest BCUT2D eigenvalue weighted by atomic mass is 9.97. The van der Waals surface area contributed by atoms with E-state index in [0.717, 1.165) is 25.9 Å². The number of ether oxygens (including phenoxy) is 1. The highest BCUT2D eigenvalue weighted by Gasteiger charge is 2.26. The SMILES string of the molecule is CC(C)C#CC1CCN(C(=O)OC(C)(C)C)CC1. The molecule has 3 nitrogen and oxygen atoms in total. The Bertz CT molecular complexity index is 336. The van der Waals surface area contributed by atoms with E-state index < -0.39 is 5.60 Å². The van der Waals surface area contributed by atoms with Gasteiger partial charge in [0, 0.05) is 24.9 Å². The number of carbonyl (C=O) groups excluding carboxylic acids is 1. The summed E-state index contributed by atoms with van der Waals surface area (Å²) < 4.78 is 5.36. The molecule has 0 bridgehead atoms. The normalized spacial score (nSPS) is 17.3. The Hall–Kier alpha value is -1.17. The molecule has 1 aliphatic rings. The highest BCUT2D eigenvalue weighted by molar-refractivity contribution is 5.68. The van der Waals surface area contributed by atoms with Crippen LogP contribution in [0.25, 0.3) is 0 Å². The van der Waals surface area contributed by atoms with Gasteiger partial charge in [0.1, 0.15) is 5.60 Å². The van der Waals surface area contributed by atoms with Crippen molar-refractivity contribution in [3.63, 3.8) is 0 Å². The van der Waals surface area contributed by atoms with Gasteiger partial charge in [-0.1, -0.05) is 19.8 Å².